The van der Waals surface area contributed by atoms with E-state index in [2.05, 4.69) is 5.32 Å². The highest BCUT2D eigenvalue weighted by Gasteiger charge is 2.13. The van der Waals surface area contributed by atoms with Crippen molar-refractivity contribution in [2.75, 3.05) is 19.6 Å². The van der Waals surface area contributed by atoms with Crippen molar-refractivity contribution in [3.8, 4) is 0 Å². The number of carboxylic acids is 1. The van der Waals surface area contributed by atoms with Gasteiger partial charge in [-0.2, -0.15) is 0 Å². The molecule has 0 fully saturated rings. The molecule has 0 spiro atoms. The van der Waals surface area contributed by atoms with Crippen molar-refractivity contribution in [1.82, 2.24) is 10.2 Å². The maximum atomic E-state index is 13.0. The van der Waals surface area contributed by atoms with Crippen molar-refractivity contribution in [2.45, 2.75) is 19.9 Å². The summed E-state index contributed by atoms with van der Waals surface area (Å²) in [4.78, 5) is 23.9. The Morgan fingerprint density at radius 1 is 1.19 bits per heavy atom. The van der Waals surface area contributed by atoms with Gasteiger partial charge in [0.1, 0.15) is 11.6 Å². The summed E-state index contributed by atoms with van der Waals surface area (Å²) in [7, 11) is 0. The summed E-state index contributed by atoms with van der Waals surface area (Å²) in [6.07, 6.45) is 0.718. The first-order valence-electron chi connectivity index (χ1n) is 6.56. The van der Waals surface area contributed by atoms with Crippen LogP contribution in [-0.2, 0) is 16.1 Å². The molecule has 1 aromatic rings. The lowest BCUT2D eigenvalue weighted by molar-refractivity contribution is -0.138. The van der Waals surface area contributed by atoms with Gasteiger partial charge in [0.15, 0.2) is 0 Å². The second-order valence-corrected chi connectivity index (χ2v) is 4.66. The fourth-order valence-corrected chi connectivity index (χ4v) is 1.89. The molecule has 116 valence electrons. The van der Waals surface area contributed by atoms with Crippen LogP contribution in [0.25, 0.3) is 0 Å². The molecule has 1 aromatic carbocycles. The second-order valence-electron chi connectivity index (χ2n) is 4.66. The van der Waals surface area contributed by atoms with Crippen molar-refractivity contribution in [3.63, 3.8) is 0 Å². The molecule has 2 N–H and O–H groups in total. The predicted octanol–water partition coefficient (Wildman–Crippen LogP) is 1.38. The Bertz CT molecular complexity index is 489. The van der Waals surface area contributed by atoms with Gasteiger partial charge in [-0.3, -0.25) is 14.5 Å². The van der Waals surface area contributed by atoms with E-state index in [1.165, 1.54) is 4.90 Å². The van der Waals surface area contributed by atoms with E-state index in [1.54, 1.807) is 0 Å². The third-order valence-corrected chi connectivity index (χ3v) is 2.68. The number of amides is 1. The molecule has 0 radical (unpaired) electrons. The van der Waals surface area contributed by atoms with Gasteiger partial charge in [-0.05, 0) is 30.7 Å². The molecule has 0 bridgehead atoms. The molecular weight excluding hydrogens is 282 g/mol. The maximum Gasteiger partial charge on any atom is 0.317 e. The quantitative estimate of drug-likeness (QED) is 0.761. The zero-order chi connectivity index (χ0) is 15.8. The first-order valence-corrected chi connectivity index (χ1v) is 6.56. The Hall–Kier alpha value is -2.02. The average molecular weight is 300 g/mol. The van der Waals surface area contributed by atoms with Gasteiger partial charge in [0, 0.05) is 12.6 Å². The third kappa shape index (κ3) is 6.80. The van der Waals surface area contributed by atoms with E-state index >= 15 is 0 Å². The molecule has 0 heterocycles. The van der Waals surface area contributed by atoms with E-state index in [4.69, 9.17) is 5.11 Å². The number of benzene rings is 1. The molecular formula is C14H18F2N2O3. The fraction of sp³-hybridized carbons (Fsp3) is 0.429. The van der Waals surface area contributed by atoms with Gasteiger partial charge in [-0.25, -0.2) is 8.78 Å². The number of hydrogen-bond acceptors (Lipinski definition) is 3. The minimum absolute atomic E-state index is 0.0133. The lowest BCUT2D eigenvalue weighted by atomic mass is 10.2. The normalized spacial score (nSPS) is 10.7. The van der Waals surface area contributed by atoms with E-state index in [-0.39, 0.29) is 19.6 Å². The van der Waals surface area contributed by atoms with Crippen molar-refractivity contribution in [1.29, 1.82) is 0 Å². The minimum atomic E-state index is -1.01. The SMILES string of the molecule is CCCN(CC(=O)O)CC(=O)NCc1cc(F)cc(F)c1. The van der Waals surface area contributed by atoms with Crippen LogP contribution in [0.15, 0.2) is 18.2 Å². The van der Waals surface area contributed by atoms with Crippen LogP contribution in [0.2, 0.25) is 0 Å². The molecule has 0 unspecified atom stereocenters. The van der Waals surface area contributed by atoms with Crippen LogP contribution in [-0.4, -0.2) is 41.5 Å². The summed E-state index contributed by atoms with van der Waals surface area (Å²) in [5.41, 5.74) is 0.307. The summed E-state index contributed by atoms with van der Waals surface area (Å²) >= 11 is 0. The van der Waals surface area contributed by atoms with Crippen LogP contribution in [0.4, 0.5) is 8.78 Å². The van der Waals surface area contributed by atoms with Crippen LogP contribution in [0.1, 0.15) is 18.9 Å². The topological polar surface area (TPSA) is 69.6 Å². The summed E-state index contributed by atoms with van der Waals surface area (Å²) in [6.45, 7) is 2.05. The number of rotatable bonds is 8. The highest BCUT2D eigenvalue weighted by Crippen LogP contribution is 2.07. The standard InChI is InChI=1S/C14H18F2N2O3/c1-2-3-18(9-14(20)21)8-13(19)17-7-10-4-11(15)6-12(16)5-10/h4-6H,2-3,7-9H2,1H3,(H,17,19)(H,20,21). The van der Waals surface area contributed by atoms with E-state index < -0.39 is 23.5 Å². The summed E-state index contributed by atoms with van der Waals surface area (Å²) in [5, 5.41) is 11.2. The molecule has 0 aromatic heterocycles. The maximum absolute atomic E-state index is 13.0. The van der Waals surface area contributed by atoms with Crippen molar-refractivity contribution >= 4 is 11.9 Å². The van der Waals surface area contributed by atoms with E-state index in [1.807, 2.05) is 6.92 Å². The lowest BCUT2D eigenvalue weighted by Crippen LogP contribution is -2.40. The number of carbonyl (C=O) groups is 2. The zero-order valence-electron chi connectivity index (χ0n) is 11.7. The van der Waals surface area contributed by atoms with Gasteiger partial charge in [-0.15, -0.1) is 0 Å². The van der Waals surface area contributed by atoms with Crippen LogP contribution >= 0.6 is 0 Å². The minimum Gasteiger partial charge on any atom is -0.480 e. The van der Waals surface area contributed by atoms with E-state index in [9.17, 15) is 18.4 Å². The Kier molecular flexibility index (Phi) is 6.74. The average Bonchev–Trinajstić information content (AvgIpc) is 2.34. The van der Waals surface area contributed by atoms with Crippen molar-refractivity contribution in [2.24, 2.45) is 0 Å². The lowest BCUT2D eigenvalue weighted by Gasteiger charge is -2.18. The molecule has 0 aliphatic heterocycles. The van der Waals surface area contributed by atoms with Crippen LogP contribution in [0, 0.1) is 11.6 Å². The first kappa shape index (κ1) is 17.0. The number of nitrogens with one attached hydrogen (secondary N) is 1. The molecule has 1 amide bonds. The van der Waals surface area contributed by atoms with Crippen molar-refractivity contribution in [3.05, 3.63) is 35.4 Å². The number of aliphatic carboxylic acids is 1. The summed E-state index contributed by atoms with van der Waals surface area (Å²) in [6, 6.07) is 3.01. The van der Waals surface area contributed by atoms with Gasteiger partial charge in [0.2, 0.25) is 5.91 Å². The molecule has 0 atom stereocenters. The Morgan fingerprint density at radius 2 is 1.81 bits per heavy atom. The van der Waals surface area contributed by atoms with E-state index in [0.717, 1.165) is 24.6 Å². The van der Waals surface area contributed by atoms with Crippen LogP contribution < -0.4 is 5.32 Å². The number of carbonyl (C=O) groups excluding carboxylic acids is 1. The third-order valence-electron chi connectivity index (χ3n) is 2.68. The fourth-order valence-electron chi connectivity index (χ4n) is 1.89. The smallest absolute Gasteiger partial charge is 0.317 e. The highest BCUT2D eigenvalue weighted by molar-refractivity contribution is 5.79. The number of nitrogens with zero attached hydrogens (tertiary/aromatic N) is 1. The molecule has 0 saturated carbocycles. The molecule has 5 nitrogen and oxygen atoms in total. The Morgan fingerprint density at radius 3 is 2.33 bits per heavy atom. The molecule has 1 rings (SSSR count). The summed E-state index contributed by atoms with van der Waals surface area (Å²) < 4.78 is 26.0. The highest BCUT2D eigenvalue weighted by atomic mass is 19.1. The van der Waals surface area contributed by atoms with Crippen molar-refractivity contribution < 1.29 is 23.5 Å². The molecule has 0 saturated heterocycles. The van der Waals surface area contributed by atoms with Crippen LogP contribution in [0.3, 0.4) is 0 Å². The van der Waals surface area contributed by atoms with Gasteiger partial charge >= 0.3 is 5.97 Å². The molecule has 0 aliphatic carbocycles. The number of carboxylic acid groups (broad SMARTS) is 1. The monoisotopic (exact) mass is 300 g/mol. The largest absolute Gasteiger partial charge is 0.480 e. The zero-order valence-corrected chi connectivity index (χ0v) is 11.7. The summed E-state index contributed by atoms with van der Waals surface area (Å²) in [5.74, 6) is -2.83. The number of hydrogen-bond donors (Lipinski definition) is 2. The Balaban J connectivity index is 2.50. The van der Waals surface area contributed by atoms with Gasteiger partial charge in [-0.1, -0.05) is 6.92 Å². The van der Waals surface area contributed by atoms with Gasteiger partial charge in [0.25, 0.3) is 0 Å². The Labute approximate surface area is 121 Å². The second kappa shape index (κ2) is 8.31. The van der Waals surface area contributed by atoms with E-state index in [0.29, 0.717) is 12.1 Å². The molecule has 0 aliphatic rings. The van der Waals surface area contributed by atoms with Gasteiger partial charge in [0.05, 0.1) is 13.1 Å². The predicted molar refractivity (Wildman–Crippen MR) is 72.6 cm³/mol. The number of halogens is 2. The first-order chi connectivity index (χ1) is 9.90. The molecule has 21 heavy (non-hydrogen) atoms. The van der Waals surface area contributed by atoms with Crippen LogP contribution in [0.5, 0.6) is 0 Å². The molecule has 7 heteroatoms. The van der Waals surface area contributed by atoms with Gasteiger partial charge < -0.3 is 10.4 Å².